The highest BCUT2D eigenvalue weighted by Gasteiger charge is 2.51. The van der Waals surface area contributed by atoms with E-state index in [1.807, 2.05) is 0 Å². The van der Waals surface area contributed by atoms with Crippen LogP contribution < -0.4 is 16.0 Å². The molecule has 0 radical (unpaired) electrons. The van der Waals surface area contributed by atoms with Crippen LogP contribution in [0.15, 0.2) is 24.3 Å². The summed E-state index contributed by atoms with van der Waals surface area (Å²) in [6.07, 6.45) is 8.06. The third-order valence-electron chi connectivity index (χ3n) is 6.73. The second-order valence-corrected chi connectivity index (χ2v) is 9.02. The minimum atomic E-state index is -0.250. The molecule has 0 atom stereocenters. The first-order valence-electron chi connectivity index (χ1n) is 10.6. The fourth-order valence-corrected chi connectivity index (χ4v) is 5.96. The van der Waals surface area contributed by atoms with Crippen molar-refractivity contribution in [3.05, 3.63) is 35.6 Å². The first kappa shape index (κ1) is 19.2. The second-order valence-electron chi connectivity index (χ2n) is 9.02. The summed E-state index contributed by atoms with van der Waals surface area (Å²) in [7, 11) is 0. The van der Waals surface area contributed by atoms with E-state index in [1.54, 1.807) is 18.2 Å². The molecule has 28 heavy (non-hydrogen) atoms. The van der Waals surface area contributed by atoms with Gasteiger partial charge in [-0.15, -0.1) is 0 Å². The largest absolute Gasteiger partial charge is 0.356 e. The van der Waals surface area contributed by atoms with Crippen LogP contribution in [0.1, 0.15) is 50.5 Å². The lowest BCUT2D eigenvalue weighted by molar-refractivity contribution is -0.120. The van der Waals surface area contributed by atoms with Gasteiger partial charge in [-0.05, 0) is 74.3 Å². The molecular weight excluding hydrogens is 357 g/mol. The topological polar surface area (TPSA) is 70.2 Å². The Bertz CT molecular complexity index is 701. The first-order valence-corrected chi connectivity index (χ1v) is 10.6. The zero-order chi connectivity index (χ0) is 19.6. The average molecular weight is 387 g/mol. The summed E-state index contributed by atoms with van der Waals surface area (Å²) in [5, 5.41) is 8.86. The Kier molecular flexibility index (Phi) is 5.56. The molecular formula is C22H30FN3O2. The third-order valence-corrected chi connectivity index (χ3v) is 6.73. The van der Waals surface area contributed by atoms with E-state index in [0.717, 1.165) is 37.0 Å². The van der Waals surface area contributed by atoms with Crippen molar-refractivity contribution in [2.75, 3.05) is 13.1 Å². The number of carbonyl (C=O) groups is 2. The molecule has 3 N–H and O–H groups in total. The van der Waals surface area contributed by atoms with Crippen molar-refractivity contribution in [3.63, 3.8) is 0 Å². The lowest BCUT2D eigenvalue weighted by Gasteiger charge is -2.56. The summed E-state index contributed by atoms with van der Waals surface area (Å²) in [5.74, 6) is 1.97. The van der Waals surface area contributed by atoms with Crippen molar-refractivity contribution in [1.82, 2.24) is 16.0 Å². The van der Waals surface area contributed by atoms with Crippen LogP contribution in [0.25, 0.3) is 0 Å². The normalized spacial score (nSPS) is 30.1. The number of hydrogen-bond donors (Lipinski definition) is 3. The van der Waals surface area contributed by atoms with E-state index >= 15 is 0 Å². The highest BCUT2D eigenvalue weighted by atomic mass is 19.1. The van der Waals surface area contributed by atoms with Crippen molar-refractivity contribution in [2.45, 2.75) is 56.9 Å². The Morgan fingerprint density at radius 3 is 2.25 bits per heavy atom. The molecule has 1 aromatic carbocycles. The summed E-state index contributed by atoms with van der Waals surface area (Å²) >= 11 is 0. The van der Waals surface area contributed by atoms with Crippen molar-refractivity contribution >= 4 is 11.9 Å². The summed E-state index contributed by atoms with van der Waals surface area (Å²) in [4.78, 5) is 24.3. The summed E-state index contributed by atoms with van der Waals surface area (Å²) in [5.41, 5.74) is 0.580. The van der Waals surface area contributed by atoms with Gasteiger partial charge in [0.15, 0.2) is 0 Å². The lowest BCUT2D eigenvalue weighted by atomic mass is 9.53. The molecule has 4 bridgehead atoms. The monoisotopic (exact) mass is 387 g/mol. The first-order chi connectivity index (χ1) is 13.5. The van der Waals surface area contributed by atoms with Gasteiger partial charge < -0.3 is 16.0 Å². The number of carbonyl (C=O) groups excluding carboxylic acids is 2. The molecule has 4 fully saturated rings. The van der Waals surface area contributed by atoms with Gasteiger partial charge in [0.05, 0.1) is 0 Å². The van der Waals surface area contributed by atoms with Crippen LogP contribution in [0.3, 0.4) is 0 Å². The maximum atomic E-state index is 13.5. The molecule has 4 aliphatic carbocycles. The molecule has 1 aromatic rings. The van der Waals surface area contributed by atoms with Gasteiger partial charge in [0.1, 0.15) is 5.82 Å². The van der Waals surface area contributed by atoms with Crippen LogP contribution >= 0.6 is 0 Å². The predicted octanol–water partition coefficient (Wildman–Crippen LogP) is 3.14. The zero-order valence-corrected chi connectivity index (χ0v) is 16.3. The van der Waals surface area contributed by atoms with Crippen molar-refractivity contribution in [3.8, 4) is 0 Å². The zero-order valence-electron chi connectivity index (χ0n) is 16.3. The van der Waals surface area contributed by atoms with E-state index in [-0.39, 0.29) is 29.7 Å². The van der Waals surface area contributed by atoms with Gasteiger partial charge >= 0.3 is 6.03 Å². The molecule has 4 saturated carbocycles. The molecule has 0 aliphatic heterocycles. The molecule has 5 nitrogen and oxygen atoms in total. The van der Waals surface area contributed by atoms with Crippen LogP contribution in [0, 0.1) is 23.6 Å². The molecule has 4 aliphatic rings. The van der Waals surface area contributed by atoms with E-state index in [2.05, 4.69) is 16.0 Å². The van der Waals surface area contributed by atoms with Gasteiger partial charge in [0.25, 0.3) is 0 Å². The van der Waals surface area contributed by atoms with E-state index in [4.69, 9.17) is 0 Å². The molecule has 0 saturated heterocycles. The Morgan fingerprint density at radius 1 is 0.964 bits per heavy atom. The van der Waals surface area contributed by atoms with Crippen LogP contribution in [-0.2, 0) is 11.2 Å². The van der Waals surface area contributed by atoms with Gasteiger partial charge in [-0.2, -0.15) is 0 Å². The molecule has 0 unspecified atom stereocenters. The number of amides is 3. The molecule has 5 rings (SSSR count). The number of nitrogens with one attached hydrogen (secondary N) is 3. The Morgan fingerprint density at radius 2 is 1.61 bits per heavy atom. The van der Waals surface area contributed by atoms with Gasteiger partial charge in [-0.1, -0.05) is 18.2 Å². The third kappa shape index (κ3) is 4.47. The van der Waals surface area contributed by atoms with Crippen LogP contribution in [0.2, 0.25) is 0 Å². The smallest absolute Gasteiger partial charge is 0.315 e. The number of hydrogen-bond acceptors (Lipinski definition) is 2. The van der Waals surface area contributed by atoms with Gasteiger partial charge in [0, 0.05) is 25.0 Å². The minimum Gasteiger partial charge on any atom is -0.356 e. The maximum absolute atomic E-state index is 13.5. The number of benzene rings is 1. The standard InChI is InChI=1S/C22H30FN3O2/c23-19-4-2-1-3-18(19)5-7-24-20(27)6-8-25-21(28)26-22-12-15-9-16(13-22)11-17(10-15)14-22/h1-4,15-17H,5-14H2,(H,24,27)(H2,25,26,28). The molecule has 0 heterocycles. The van der Waals surface area contributed by atoms with Crippen LogP contribution in [-0.4, -0.2) is 30.6 Å². The van der Waals surface area contributed by atoms with E-state index in [0.29, 0.717) is 25.1 Å². The van der Waals surface area contributed by atoms with Crippen molar-refractivity contribution < 1.29 is 14.0 Å². The molecule has 0 aromatic heterocycles. The molecule has 3 amide bonds. The second kappa shape index (κ2) is 8.10. The van der Waals surface area contributed by atoms with Gasteiger partial charge in [-0.3, -0.25) is 4.79 Å². The fraction of sp³-hybridized carbons (Fsp3) is 0.636. The quantitative estimate of drug-likeness (QED) is 0.673. The molecule has 6 heteroatoms. The molecule has 0 spiro atoms. The minimum absolute atomic E-state index is 0.0130. The summed E-state index contributed by atoms with van der Waals surface area (Å²) in [6, 6.07) is 6.42. The average Bonchev–Trinajstić information content (AvgIpc) is 2.61. The Hall–Kier alpha value is -2.11. The summed E-state index contributed by atoms with van der Waals surface area (Å²) < 4.78 is 13.5. The van der Waals surface area contributed by atoms with Gasteiger partial charge in [-0.25, -0.2) is 9.18 Å². The highest BCUT2D eigenvalue weighted by Crippen LogP contribution is 2.55. The predicted molar refractivity (Wildman–Crippen MR) is 105 cm³/mol. The molecule has 152 valence electrons. The fourth-order valence-electron chi connectivity index (χ4n) is 5.96. The highest BCUT2D eigenvalue weighted by molar-refractivity contribution is 5.78. The van der Waals surface area contributed by atoms with Crippen molar-refractivity contribution in [2.24, 2.45) is 17.8 Å². The number of urea groups is 1. The Balaban J connectivity index is 1.14. The lowest BCUT2D eigenvalue weighted by Crippen LogP contribution is -2.61. The SMILES string of the molecule is O=C(CCNC(=O)NC12CC3CC(CC(C3)C1)C2)NCCc1ccccc1F. The number of rotatable bonds is 7. The number of halogens is 1. The van der Waals surface area contributed by atoms with E-state index in [9.17, 15) is 14.0 Å². The van der Waals surface area contributed by atoms with Crippen molar-refractivity contribution in [1.29, 1.82) is 0 Å². The van der Waals surface area contributed by atoms with Gasteiger partial charge in [0.2, 0.25) is 5.91 Å². The van der Waals surface area contributed by atoms with E-state index < -0.39 is 0 Å². The van der Waals surface area contributed by atoms with Crippen LogP contribution in [0.5, 0.6) is 0 Å². The Labute approximate surface area is 165 Å². The summed E-state index contributed by atoms with van der Waals surface area (Å²) in [6.45, 7) is 0.697. The van der Waals surface area contributed by atoms with E-state index in [1.165, 1.54) is 25.3 Å². The maximum Gasteiger partial charge on any atom is 0.315 e. The van der Waals surface area contributed by atoms with Crippen LogP contribution in [0.4, 0.5) is 9.18 Å².